The molecule has 2 N–H and O–H groups in total. The van der Waals surface area contributed by atoms with Crippen molar-refractivity contribution in [1.82, 2.24) is 4.90 Å². The predicted octanol–water partition coefficient (Wildman–Crippen LogP) is 6.60. The minimum atomic E-state index is -4.33. The fraction of sp³-hybridized carbons (Fsp3) is 0.512. The Bertz CT molecular complexity index is 2120. The van der Waals surface area contributed by atoms with Crippen molar-refractivity contribution in [2.24, 2.45) is 4.99 Å². The van der Waals surface area contributed by atoms with Crippen LogP contribution in [0.4, 0.5) is 5.69 Å². The zero-order valence-corrected chi connectivity index (χ0v) is 32.9. The van der Waals surface area contributed by atoms with Crippen LogP contribution in [0.15, 0.2) is 35.3 Å². The Morgan fingerprint density at radius 3 is 2.46 bits per heavy atom. The molecule has 4 aliphatic rings. The number of carboxylic acid groups (broad SMARTS) is 1. The van der Waals surface area contributed by atoms with Gasteiger partial charge in [0.25, 0.3) is 5.91 Å². The molecule has 0 radical (unpaired) electrons. The SMILES string of the molecule is CCCCc1cc2c(c3c1=NCCC3)Oc1c(cc3c4c1CCCN4CCC3)C=2c1cc(P(=O)(O)OCCCCCC(=O)O)ccc1C(=O)N(CC)CC. The molecule has 1 amide bonds. The number of benzene rings is 3. The number of hydrogen-bond donors (Lipinski definition) is 2. The first-order chi connectivity index (χ1) is 26.2. The fourth-order valence-corrected chi connectivity index (χ4v) is 9.86. The van der Waals surface area contributed by atoms with Crippen molar-refractivity contribution in [2.45, 2.75) is 104 Å². The molecule has 0 saturated carbocycles. The lowest BCUT2D eigenvalue weighted by Crippen LogP contribution is -2.36. The summed E-state index contributed by atoms with van der Waals surface area (Å²) in [5.41, 5.74) is 8.90. The molecule has 1 unspecified atom stereocenters. The van der Waals surface area contributed by atoms with E-state index in [-0.39, 0.29) is 24.2 Å². The molecule has 0 saturated heterocycles. The van der Waals surface area contributed by atoms with Crippen molar-refractivity contribution >= 4 is 36.0 Å². The van der Waals surface area contributed by atoms with Crippen LogP contribution in [0, 0.1) is 0 Å². The number of ether oxygens (including phenoxy) is 1. The summed E-state index contributed by atoms with van der Waals surface area (Å²) in [6.45, 7) is 10.0. The highest BCUT2D eigenvalue weighted by Gasteiger charge is 2.36. The van der Waals surface area contributed by atoms with E-state index in [2.05, 4.69) is 24.0 Å². The van der Waals surface area contributed by atoms with Gasteiger partial charge in [-0.05, 0) is 125 Å². The lowest BCUT2D eigenvalue weighted by molar-refractivity contribution is -0.137. The van der Waals surface area contributed by atoms with Crippen molar-refractivity contribution in [3.05, 3.63) is 79.9 Å². The van der Waals surface area contributed by atoms with Crippen LogP contribution in [-0.4, -0.2) is 66.1 Å². The van der Waals surface area contributed by atoms with Crippen LogP contribution in [-0.2, 0) is 39.6 Å². The smallest absolute Gasteiger partial charge is 0.358 e. The normalized spacial score (nSPS) is 16.6. The maximum atomic E-state index is 14.5. The molecule has 3 aromatic rings. The first kappa shape index (κ1) is 38.3. The Labute approximate surface area is 318 Å². The van der Waals surface area contributed by atoms with Crippen LogP contribution in [0.25, 0.3) is 5.57 Å². The van der Waals surface area contributed by atoms with Gasteiger partial charge in [-0.15, -0.1) is 0 Å². The van der Waals surface area contributed by atoms with Crippen LogP contribution in [0.1, 0.15) is 122 Å². The molecule has 0 aliphatic carbocycles. The first-order valence-corrected chi connectivity index (χ1v) is 21.7. The van der Waals surface area contributed by atoms with E-state index in [9.17, 15) is 19.0 Å². The number of rotatable bonds is 15. The number of carbonyl (C=O) groups excluding carboxylic acids is 1. The second kappa shape index (κ2) is 16.4. The quantitative estimate of drug-likeness (QED) is 0.103. The van der Waals surface area contributed by atoms with E-state index < -0.39 is 13.6 Å². The van der Waals surface area contributed by atoms with E-state index in [1.807, 2.05) is 13.8 Å². The van der Waals surface area contributed by atoms with Gasteiger partial charge in [-0.25, -0.2) is 0 Å². The van der Waals surface area contributed by atoms with Crippen LogP contribution in [0.3, 0.4) is 0 Å². The monoisotopic (exact) mass is 755 g/mol. The number of anilines is 1. The summed E-state index contributed by atoms with van der Waals surface area (Å²) in [5.74, 6) is 0.615. The number of aliphatic carboxylic acids is 1. The molecular formula is C43H54N3O7P. The van der Waals surface area contributed by atoms with Gasteiger partial charge in [-0.1, -0.05) is 19.8 Å². The van der Waals surface area contributed by atoms with Gasteiger partial charge in [0.2, 0.25) is 0 Å². The molecule has 11 heteroatoms. The molecule has 7 rings (SSSR count). The summed E-state index contributed by atoms with van der Waals surface area (Å²) in [6, 6.07) is 9.45. The van der Waals surface area contributed by atoms with Crippen molar-refractivity contribution in [3.8, 4) is 11.5 Å². The molecule has 0 spiro atoms. The third-order valence-electron chi connectivity index (χ3n) is 11.5. The van der Waals surface area contributed by atoms with Gasteiger partial charge in [-0.3, -0.25) is 19.1 Å². The molecule has 10 nitrogen and oxygen atoms in total. The Morgan fingerprint density at radius 2 is 1.70 bits per heavy atom. The zero-order valence-electron chi connectivity index (χ0n) is 32.0. The third-order valence-corrected chi connectivity index (χ3v) is 12.9. The fourth-order valence-electron chi connectivity index (χ4n) is 8.78. The number of hydrogen-bond acceptors (Lipinski definition) is 7. The predicted molar refractivity (Wildman–Crippen MR) is 211 cm³/mol. The van der Waals surface area contributed by atoms with Gasteiger partial charge in [0.05, 0.1) is 17.3 Å². The minimum absolute atomic E-state index is 0.0152. The molecule has 0 fully saturated rings. The van der Waals surface area contributed by atoms with Gasteiger partial charge < -0.3 is 29.1 Å². The van der Waals surface area contributed by atoms with Gasteiger partial charge in [-0.2, -0.15) is 0 Å². The maximum absolute atomic E-state index is 14.5. The Hall–Kier alpha value is -3.98. The highest BCUT2D eigenvalue weighted by atomic mass is 31.2. The number of nitrogens with zero attached hydrogens (tertiary/aromatic N) is 3. The van der Waals surface area contributed by atoms with Crippen LogP contribution >= 0.6 is 7.60 Å². The highest BCUT2D eigenvalue weighted by Crippen LogP contribution is 2.49. The number of carboxylic acids is 1. The number of fused-ring (bicyclic) bond motifs is 5. The summed E-state index contributed by atoms with van der Waals surface area (Å²) < 4.78 is 26.9. The Balaban J connectivity index is 1.49. The number of unbranched alkanes of at least 4 members (excludes halogenated alkanes) is 3. The Morgan fingerprint density at radius 1 is 0.926 bits per heavy atom. The lowest BCUT2D eigenvalue weighted by atomic mass is 9.82. The second-order valence-electron chi connectivity index (χ2n) is 15.0. The van der Waals surface area contributed by atoms with E-state index in [1.165, 1.54) is 22.4 Å². The summed E-state index contributed by atoms with van der Waals surface area (Å²) in [4.78, 5) is 46.2. The van der Waals surface area contributed by atoms with Crippen LogP contribution in [0.2, 0.25) is 0 Å². The van der Waals surface area contributed by atoms with Crippen molar-refractivity contribution in [1.29, 1.82) is 0 Å². The van der Waals surface area contributed by atoms with Crippen molar-refractivity contribution in [3.63, 3.8) is 0 Å². The van der Waals surface area contributed by atoms with Gasteiger partial charge in [0, 0.05) is 77.9 Å². The van der Waals surface area contributed by atoms with Gasteiger partial charge >= 0.3 is 13.6 Å². The maximum Gasteiger partial charge on any atom is 0.358 e. The molecule has 288 valence electrons. The number of carbonyl (C=O) groups is 2. The van der Waals surface area contributed by atoms with Gasteiger partial charge in [0.1, 0.15) is 11.5 Å². The summed E-state index contributed by atoms with van der Waals surface area (Å²) in [5, 5.41) is 11.0. The third kappa shape index (κ3) is 7.37. The van der Waals surface area contributed by atoms with Crippen LogP contribution in [0.5, 0.6) is 11.5 Å². The average molecular weight is 756 g/mol. The molecule has 4 heterocycles. The summed E-state index contributed by atoms with van der Waals surface area (Å²) in [7, 11) is -4.33. The molecule has 4 aliphatic heterocycles. The molecular weight excluding hydrogens is 701 g/mol. The first-order valence-electron chi connectivity index (χ1n) is 20.2. The van der Waals surface area contributed by atoms with Crippen LogP contribution < -0.4 is 25.5 Å². The minimum Gasteiger partial charge on any atom is -0.481 e. The van der Waals surface area contributed by atoms with E-state index >= 15 is 0 Å². The summed E-state index contributed by atoms with van der Waals surface area (Å²) in [6.07, 6.45) is 10.2. The van der Waals surface area contributed by atoms with Crippen molar-refractivity contribution in [2.75, 3.05) is 44.2 Å². The molecule has 0 bridgehead atoms. The molecule has 3 aromatic carbocycles. The molecule has 1 atom stereocenters. The zero-order chi connectivity index (χ0) is 38.0. The van der Waals surface area contributed by atoms with E-state index in [4.69, 9.17) is 19.4 Å². The molecule has 0 aromatic heterocycles. The number of amides is 1. The highest BCUT2D eigenvalue weighted by molar-refractivity contribution is 7.61. The lowest BCUT2D eigenvalue weighted by Gasteiger charge is -2.39. The summed E-state index contributed by atoms with van der Waals surface area (Å²) >= 11 is 0. The number of aryl methyl sites for hydroxylation is 2. The van der Waals surface area contributed by atoms with E-state index in [1.54, 1.807) is 23.1 Å². The van der Waals surface area contributed by atoms with E-state index in [0.717, 1.165) is 116 Å². The average Bonchev–Trinajstić information content (AvgIpc) is 3.18. The molecule has 54 heavy (non-hydrogen) atoms. The largest absolute Gasteiger partial charge is 0.481 e. The Kier molecular flexibility index (Phi) is 11.6. The van der Waals surface area contributed by atoms with E-state index in [0.29, 0.717) is 43.5 Å². The standard InChI is InChI=1S/C43H54N3O7P/c1-4-7-14-28-25-35-38(34-27-30(19-20-31(34)43(49)45(5-2)6-3)54(50,51)52-24-10-8-9-18-37(47)48)36-26-29-15-12-22-46-23-13-17-33(40(29)46)42(36)53-41(35)32-16-11-21-44-39(28)32/h19-20,25-27H,4-18,21-24H2,1-3H3,(H,47,48)(H,50,51). The van der Waals surface area contributed by atoms with Gasteiger partial charge in [0.15, 0.2) is 0 Å². The topological polar surface area (TPSA) is 129 Å². The van der Waals surface area contributed by atoms with Crippen molar-refractivity contribution < 1.29 is 33.4 Å². The second-order valence-corrected chi connectivity index (χ2v) is 16.8.